The molecule has 8 heteroatoms. The second-order valence-electron chi connectivity index (χ2n) is 5.77. The molecule has 0 atom stereocenters. The van der Waals surface area contributed by atoms with Crippen molar-refractivity contribution in [2.24, 2.45) is 0 Å². The first-order chi connectivity index (χ1) is 13.1. The second kappa shape index (κ2) is 7.13. The average molecular weight is 384 g/mol. The van der Waals surface area contributed by atoms with E-state index < -0.39 is 5.82 Å². The Bertz CT molecular complexity index is 1110. The van der Waals surface area contributed by atoms with Gasteiger partial charge in [0.05, 0.1) is 18.3 Å². The highest BCUT2D eigenvalue weighted by Gasteiger charge is 2.10. The molecule has 0 bridgehead atoms. The Morgan fingerprint density at radius 1 is 1.07 bits per heavy atom. The lowest BCUT2D eigenvalue weighted by Gasteiger charge is -2.11. The van der Waals surface area contributed by atoms with E-state index in [0.717, 1.165) is 22.8 Å². The molecule has 0 spiro atoms. The zero-order chi connectivity index (χ0) is 18.8. The van der Waals surface area contributed by atoms with E-state index in [0.29, 0.717) is 16.5 Å². The number of fused-ring (bicyclic) bond motifs is 1. The molecule has 0 saturated carbocycles. The molecule has 27 heavy (non-hydrogen) atoms. The average Bonchev–Trinajstić information content (AvgIpc) is 3.12. The van der Waals surface area contributed by atoms with E-state index in [-0.39, 0.29) is 11.8 Å². The van der Waals surface area contributed by atoms with Gasteiger partial charge in [-0.3, -0.25) is 0 Å². The minimum absolute atomic E-state index is 0.0367. The summed E-state index contributed by atoms with van der Waals surface area (Å²) >= 11 is 6.11. The van der Waals surface area contributed by atoms with Gasteiger partial charge in [-0.15, -0.1) is 0 Å². The number of nitrogens with zero attached hydrogens (tertiary/aromatic N) is 2. The molecular formula is C19H15ClFN5O. The van der Waals surface area contributed by atoms with E-state index in [1.165, 1.54) is 7.11 Å². The van der Waals surface area contributed by atoms with Crippen molar-refractivity contribution in [2.45, 2.75) is 0 Å². The summed E-state index contributed by atoms with van der Waals surface area (Å²) in [6, 6.07) is 12.8. The van der Waals surface area contributed by atoms with E-state index in [4.69, 9.17) is 16.3 Å². The van der Waals surface area contributed by atoms with Gasteiger partial charge >= 0.3 is 0 Å². The molecule has 0 unspecified atom stereocenters. The fourth-order valence-corrected chi connectivity index (χ4v) is 2.91. The summed E-state index contributed by atoms with van der Waals surface area (Å²) in [4.78, 5) is 11.3. The summed E-state index contributed by atoms with van der Waals surface area (Å²) < 4.78 is 19.2. The molecule has 0 aliphatic heterocycles. The van der Waals surface area contributed by atoms with Crippen molar-refractivity contribution >= 4 is 45.6 Å². The molecule has 0 aliphatic carbocycles. The number of methoxy groups -OCH3 is 1. The molecule has 0 fully saturated rings. The number of aromatic amines is 1. The quantitative estimate of drug-likeness (QED) is 0.439. The van der Waals surface area contributed by atoms with Crippen LogP contribution >= 0.6 is 11.6 Å². The Kier molecular flexibility index (Phi) is 4.52. The molecule has 2 aromatic carbocycles. The molecule has 2 heterocycles. The van der Waals surface area contributed by atoms with Gasteiger partial charge in [-0.05, 0) is 41.8 Å². The summed E-state index contributed by atoms with van der Waals surface area (Å²) in [5.74, 6) is 0.263. The van der Waals surface area contributed by atoms with E-state index in [1.807, 2.05) is 30.5 Å². The van der Waals surface area contributed by atoms with Crippen LogP contribution < -0.4 is 15.4 Å². The molecule has 0 amide bonds. The van der Waals surface area contributed by atoms with Gasteiger partial charge in [0, 0.05) is 23.1 Å². The van der Waals surface area contributed by atoms with Crippen LogP contribution in [0.3, 0.4) is 0 Å². The molecule has 4 rings (SSSR count). The lowest BCUT2D eigenvalue weighted by Crippen LogP contribution is -2.03. The Hall–Kier alpha value is -3.32. The Morgan fingerprint density at radius 2 is 1.89 bits per heavy atom. The normalized spacial score (nSPS) is 10.8. The van der Waals surface area contributed by atoms with Crippen LogP contribution in [-0.2, 0) is 0 Å². The maximum Gasteiger partial charge on any atom is 0.229 e. The number of aromatic nitrogens is 3. The van der Waals surface area contributed by atoms with Crippen LogP contribution in [0.25, 0.3) is 10.9 Å². The maximum absolute atomic E-state index is 14.1. The largest absolute Gasteiger partial charge is 0.495 e. The predicted molar refractivity (Wildman–Crippen MR) is 105 cm³/mol. The van der Waals surface area contributed by atoms with E-state index in [9.17, 15) is 4.39 Å². The van der Waals surface area contributed by atoms with Gasteiger partial charge in [-0.1, -0.05) is 17.7 Å². The second-order valence-corrected chi connectivity index (χ2v) is 6.18. The third-order valence-corrected chi connectivity index (χ3v) is 4.27. The SMILES string of the molecule is COc1ccc(Nc2nc(Nc3ccc4cc[nH]c4c3)ncc2F)cc1Cl. The number of benzene rings is 2. The van der Waals surface area contributed by atoms with E-state index in [2.05, 4.69) is 25.6 Å². The highest BCUT2D eigenvalue weighted by Crippen LogP contribution is 2.29. The topological polar surface area (TPSA) is 74.9 Å². The zero-order valence-corrected chi connectivity index (χ0v) is 15.0. The lowest BCUT2D eigenvalue weighted by molar-refractivity contribution is 0.415. The van der Waals surface area contributed by atoms with E-state index >= 15 is 0 Å². The molecule has 2 aromatic heterocycles. The number of ether oxygens (including phenoxy) is 1. The van der Waals surface area contributed by atoms with Crippen LogP contribution in [0.5, 0.6) is 5.75 Å². The summed E-state index contributed by atoms with van der Waals surface area (Å²) in [6.07, 6.45) is 2.97. The maximum atomic E-state index is 14.1. The highest BCUT2D eigenvalue weighted by atomic mass is 35.5. The fraction of sp³-hybridized carbons (Fsp3) is 0.0526. The van der Waals surface area contributed by atoms with Gasteiger partial charge in [0.2, 0.25) is 5.95 Å². The number of H-pyrrole nitrogens is 1. The smallest absolute Gasteiger partial charge is 0.229 e. The van der Waals surface area contributed by atoms with Gasteiger partial charge in [-0.25, -0.2) is 9.37 Å². The van der Waals surface area contributed by atoms with Crippen molar-refractivity contribution in [2.75, 3.05) is 17.7 Å². The minimum Gasteiger partial charge on any atom is -0.495 e. The molecule has 3 N–H and O–H groups in total. The standard InChI is InChI=1S/C19H15ClFN5O/c1-27-17-5-4-12(8-14(17)20)24-18-15(21)10-23-19(26-18)25-13-3-2-11-6-7-22-16(11)9-13/h2-10,22H,1H3,(H2,23,24,25,26). The number of anilines is 4. The Labute approximate surface area is 159 Å². The number of hydrogen-bond donors (Lipinski definition) is 3. The third kappa shape index (κ3) is 3.63. The van der Waals surface area contributed by atoms with Crippen LogP contribution in [0.1, 0.15) is 0 Å². The number of hydrogen-bond acceptors (Lipinski definition) is 5. The van der Waals surface area contributed by atoms with Gasteiger partial charge in [0.15, 0.2) is 11.6 Å². The molecule has 0 saturated heterocycles. The third-order valence-electron chi connectivity index (χ3n) is 3.97. The summed E-state index contributed by atoms with van der Waals surface area (Å²) in [5, 5.41) is 7.49. The van der Waals surface area contributed by atoms with Crippen LogP contribution in [-0.4, -0.2) is 22.1 Å². The first-order valence-corrected chi connectivity index (χ1v) is 8.47. The number of halogens is 2. The molecular weight excluding hydrogens is 369 g/mol. The first kappa shape index (κ1) is 17.1. The molecule has 136 valence electrons. The van der Waals surface area contributed by atoms with Gasteiger partial charge in [-0.2, -0.15) is 4.98 Å². The van der Waals surface area contributed by atoms with Crippen LogP contribution in [0.15, 0.2) is 54.9 Å². The Morgan fingerprint density at radius 3 is 2.70 bits per heavy atom. The Balaban J connectivity index is 1.58. The minimum atomic E-state index is -0.577. The van der Waals surface area contributed by atoms with Gasteiger partial charge in [0.25, 0.3) is 0 Å². The molecule has 4 aromatic rings. The van der Waals surface area contributed by atoms with Gasteiger partial charge < -0.3 is 20.4 Å². The van der Waals surface area contributed by atoms with Crippen LogP contribution in [0.2, 0.25) is 5.02 Å². The highest BCUT2D eigenvalue weighted by molar-refractivity contribution is 6.32. The van der Waals surface area contributed by atoms with Crippen molar-refractivity contribution in [3.8, 4) is 5.75 Å². The lowest BCUT2D eigenvalue weighted by atomic mass is 10.2. The zero-order valence-electron chi connectivity index (χ0n) is 14.3. The molecule has 0 aliphatic rings. The summed E-state index contributed by atoms with van der Waals surface area (Å²) in [5.41, 5.74) is 2.35. The van der Waals surface area contributed by atoms with E-state index in [1.54, 1.807) is 18.2 Å². The van der Waals surface area contributed by atoms with Gasteiger partial charge in [0.1, 0.15) is 5.75 Å². The first-order valence-electron chi connectivity index (χ1n) is 8.09. The van der Waals surface area contributed by atoms with Crippen molar-refractivity contribution in [3.05, 3.63) is 65.7 Å². The van der Waals surface area contributed by atoms with Crippen molar-refractivity contribution in [1.29, 1.82) is 0 Å². The monoisotopic (exact) mass is 383 g/mol. The van der Waals surface area contributed by atoms with Crippen LogP contribution in [0.4, 0.5) is 27.5 Å². The number of nitrogens with one attached hydrogen (secondary N) is 3. The summed E-state index contributed by atoms with van der Waals surface area (Å²) in [6.45, 7) is 0. The number of rotatable bonds is 5. The molecule has 6 nitrogen and oxygen atoms in total. The fourth-order valence-electron chi connectivity index (χ4n) is 2.65. The predicted octanol–water partition coefficient (Wildman–Crippen LogP) is 5.25. The molecule has 0 radical (unpaired) electrons. The van der Waals surface area contributed by atoms with Crippen molar-refractivity contribution < 1.29 is 9.13 Å². The van der Waals surface area contributed by atoms with Crippen molar-refractivity contribution in [1.82, 2.24) is 15.0 Å². The van der Waals surface area contributed by atoms with Crippen molar-refractivity contribution in [3.63, 3.8) is 0 Å². The van der Waals surface area contributed by atoms with Crippen LogP contribution in [0, 0.1) is 5.82 Å². The summed E-state index contributed by atoms with van der Waals surface area (Å²) in [7, 11) is 1.53.